The highest BCUT2D eigenvalue weighted by molar-refractivity contribution is 7.98. The molecule has 0 unspecified atom stereocenters. The van der Waals surface area contributed by atoms with Gasteiger partial charge in [-0.2, -0.15) is 4.31 Å². The van der Waals surface area contributed by atoms with Crippen molar-refractivity contribution in [1.29, 1.82) is 0 Å². The van der Waals surface area contributed by atoms with E-state index < -0.39 is 10.0 Å². The summed E-state index contributed by atoms with van der Waals surface area (Å²) in [5.74, 6) is 3.13. The summed E-state index contributed by atoms with van der Waals surface area (Å²) in [6.45, 7) is 5.75. The van der Waals surface area contributed by atoms with Crippen LogP contribution in [0.3, 0.4) is 0 Å². The maximum absolute atomic E-state index is 13.1. The molecule has 0 aliphatic carbocycles. The topological polar surface area (TPSA) is 82.9 Å². The lowest BCUT2D eigenvalue weighted by atomic mass is 10.3. The molecule has 176 valence electrons. The lowest BCUT2D eigenvalue weighted by Crippen LogP contribution is -2.40. The van der Waals surface area contributed by atoms with Gasteiger partial charge in [-0.15, -0.1) is 11.8 Å². The third kappa shape index (κ3) is 4.57. The number of thioether (sulfide) groups is 1. The van der Waals surface area contributed by atoms with Gasteiger partial charge in [0.05, 0.1) is 48.1 Å². The largest absolute Gasteiger partial charge is 0.490 e. The minimum atomic E-state index is -3.56. The predicted octanol–water partition coefficient (Wildman–Crippen LogP) is 3.53. The fourth-order valence-corrected chi connectivity index (χ4v) is 6.40. The first kappa shape index (κ1) is 22.5. The van der Waals surface area contributed by atoms with E-state index in [0.717, 1.165) is 40.7 Å². The molecule has 3 aromatic rings. The second-order valence-electron chi connectivity index (χ2n) is 7.89. The molecule has 3 heterocycles. The SMILES string of the molecule is CCn1c(CSc2ccc3c(c2)OCCCO3)nc2cc(S(=O)(=O)N3CCOCC3)ccc21. The van der Waals surface area contributed by atoms with Crippen LogP contribution in [0.25, 0.3) is 11.0 Å². The number of morpholine rings is 1. The van der Waals surface area contributed by atoms with E-state index >= 15 is 0 Å². The molecule has 2 aromatic carbocycles. The van der Waals surface area contributed by atoms with E-state index in [9.17, 15) is 8.42 Å². The Hall–Kier alpha value is -2.27. The molecule has 0 N–H and O–H groups in total. The first-order valence-electron chi connectivity index (χ1n) is 11.2. The second-order valence-corrected chi connectivity index (χ2v) is 10.9. The number of hydrogen-bond donors (Lipinski definition) is 0. The monoisotopic (exact) mass is 489 g/mol. The molecular weight excluding hydrogens is 462 g/mol. The summed E-state index contributed by atoms with van der Waals surface area (Å²) in [6, 6.07) is 11.2. The number of benzene rings is 2. The fourth-order valence-electron chi connectivity index (χ4n) is 4.10. The standard InChI is InChI=1S/C23H27N3O5S2/c1-2-26-20-6-5-18(33(27,28)25-8-12-29-13-9-25)15-19(20)24-23(26)16-32-17-4-7-21-22(14-17)31-11-3-10-30-21/h4-7,14-15H,2-3,8-13,16H2,1H3. The molecule has 0 amide bonds. The highest BCUT2D eigenvalue weighted by Gasteiger charge is 2.27. The minimum absolute atomic E-state index is 0.278. The Kier molecular flexibility index (Phi) is 6.51. The van der Waals surface area contributed by atoms with Crippen molar-refractivity contribution in [2.75, 3.05) is 39.5 Å². The summed E-state index contributed by atoms with van der Waals surface area (Å²) in [5, 5.41) is 0. The fraction of sp³-hybridized carbons (Fsp3) is 0.435. The molecule has 8 nitrogen and oxygen atoms in total. The zero-order chi connectivity index (χ0) is 22.8. The van der Waals surface area contributed by atoms with Crippen molar-refractivity contribution in [2.45, 2.75) is 35.4 Å². The Morgan fingerprint density at radius 1 is 1.00 bits per heavy atom. The van der Waals surface area contributed by atoms with E-state index in [0.29, 0.717) is 50.8 Å². The Labute approximate surface area is 197 Å². The predicted molar refractivity (Wildman–Crippen MR) is 127 cm³/mol. The summed E-state index contributed by atoms with van der Waals surface area (Å²) >= 11 is 1.67. The quantitative estimate of drug-likeness (QED) is 0.490. The van der Waals surface area contributed by atoms with Crippen LogP contribution in [0.1, 0.15) is 19.2 Å². The molecule has 0 radical (unpaired) electrons. The molecule has 0 atom stereocenters. The third-order valence-corrected chi connectivity index (χ3v) is 8.69. The van der Waals surface area contributed by atoms with Gasteiger partial charge in [-0.1, -0.05) is 0 Å². The molecule has 2 aliphatic rings. The Morgan fingerprint density at radius 2 is 1.79 bits per heavy atom. The van der Waals surface area contributed by atoms with Gasteiger partial charge in [0.1, 0.15) is 5.82 Å². The smallest absolute Gasteiger partial charge is 0.243 e. The van der Waals surface area contributed by atoms with Gasteiger partial charge in [-0.3, -0.25) is 0 Å². The van der Waals surface area contributed by atoms with Gasteiger partial charge in [0.2, 0.25) is 10.0 Å². The number of aromatic nitrogens is 2. The van der Waals surface area contributed by atoms with Crippen molar-refractivity contribution in [2.24, 2.45) is 0 Å². The summed E-state index contributed by atoms with van der Waals surface area (Å²) in [7, 11) is -3.56. The van der Waals surface area contributed by atoms with Gasteiger partial charge in [0.15, 0.2) is 11.5 Å². The van der Waals surface area contributed by atoms with Crippen LogP contribution in [0.2, 0.25) is 0 Å². The van der Waals surface area contributed by atoms with Crippen LogP contribution in [0.15, 0.2) is 46.2 Å². The van der Waals surface area contributed by atoms with E-state index in [1.54, 1.807) is 23.9 Å². The Morgan fingerprint density at radius 3 is 2.58 bits per heavy atom. The van der Waals surface area contributed by atoms with Crippen molar-refractivity contribution < 1.29 is 22.6 Å². The zero-order valence-corrected chi connectivity index (χ0v) is 20.2. The average molecular weight is 490 g/mol. The molecule has 0 saturated carbocycles. The van der Waals surface area contributed by atoms with Gasteiger partial charge in [0, 0.05) is 31.0 Å². The molecule has 10 heteroatoms. The van der Waals surface area contributed by atoms with Crippen LogP contribution in [0, 0.1) is 0 Å². The molecule has 1 aromatic heterocycles. The molecule has 0 bridgehead atoms. The van der Waals surface area contributed by atoms with Crippen molar-refractivity contribution in [3.63, 3.8) is 0 Å². The highest BCUT2D eigenvalue weighted by Crippen LogP contribution is 2.35. The summed E-state index contributed by atoms with van der Waals surface area (Å²) in [4.78, 5) is 6.15. The van der Waals surface area contributed by atoms with Gasteiger partial charge in [-0.25, -0.2) is 13.4 Å². The van der Waals surface area contributed by atoms with Crippen LogP contribution in [-0.2, 0) is 27.1 Å². The number of nitrogens with zero attached hydrogens (tertiary/aromatic N) is 3. The van der Waals surface area contributed by atoms with Crippen molar-refractivity contribution in [3.8, 4) is 11.5 Å². The molecule has 1 fully saturated rings. The molecular formula is C23H27N3O5S2. The lowest BCUT2D eigenvalue weighted by molar-refractivity contribution is 0.0730. The van der Waals surface area contributed by atoms with E-state index in [1.165, 1.54) is 4.31 Å². The van der Waals surface area contributed by atoms with Crippen molar-refractivity contribution in [3.05, 3.63) is 42.2 Å². The van der Waals surface area contributed by atoms with E-state index in [1.807, 2.05) is 24.3 Å². The number of aryl methyl sites for hydroxylation is 1. The second kappa shape index (κ2) is 9.54. The van der Waals surface area contributed by atoms with Gasteiger partial charge in [-0.05, 0) is 43.3 Å². The van der Waals surface area contributed by atoms with E-state index in [2.05, 4.69) is 11.5 Å². The first-order chi connectivity index (χ1) is 16.1. The normalized spacial score (nSPS) is 17.2. The number of hydrogen-bond acceptors (Lipinski definition) is 7. The zero-order valence-electron chi connectivity index (χ0n) is 18.5. The van der Waals surface area contributed by atoms with Crippen LogP contribution in [0.4, 0.5) is 0 Å². The van der Waals surface area contributed by atoms with E-state index in [-0.39, 0.29) is 4.90 Å². The number of rotatable bonds is 6. The van der Waals surface area contributed by atoms with Crippen molar-refractivity contribution in [1.82, 2.24) is 13.9 Å². The van der Waals surface area contributed by atoms with Crippen LogP contribution < -0.4 is 9.47 Å². The number of imidazole rings is 1. The summed E-state index contributed by atoms with van der Waals surface area (Å²) in [6.07, 6.45) is 0.876. The van der Waals surface area contributed by atoms with Crippen molar-refractivity contribution >= 4 is 32.8 Å². The average Bonchev–Trinajstić information content (AvgIpc) is 3.03. The minimum Gasteiger partial charge on any atom is -0.490 e. The van der Waals surface area contributed by atoms with Crippen LogP contribution in [0.5, 0.6) is 11.5 Å². The van der Waals surface area contributed by atoms with Crippen LogP contribution >= 0.6 is 11.8 Å². The van der Waals surface area contributed by atoms with E-state index in [4.69, 9.17) is 19.2 Å². The van der Waals surface area contributed by atoms with Gasteiger partial charge in [0.25, 0.3) is 0 Å². The Balaban J connectivity index is 1.39. The molecule has 5 rings (SSSR count). The number of ether oxygens (including phenoxy) is 3. The molecule has 2 aliphatic heterocycles. The number of fused-ring (bicyclic) bond motifs is 2. The van der Waals surface area contributed by atoms with Crippen LogP contribution in [-0.4, -0.2) is 61.8 Å². The lowest BCUT2D eigenvalue weighted by Gasteiger charge is -2.26. The molecule has 0 spiro atoms. The summed E-state index contributed by atoms with van der Waals surface area (Å²) in [5.41, 5.74) is 1.63. The third-order valence-electron chi connectivity index (χ3n) is 5.81. The molecule has 1 saturated heterocycles. The highest BCUT2D eigenvalue weighted by atomic mass is 32.2. The Bertz CT molecular complexity index is 1250. The van der Waals surface area contributed by atoms with Gasteiger partial charge >= 0.3 is 0 Å². The van der Waals surface area contributed by atoms with Gasteiger partial charge < -0.3 is 18.8 Å². The number of sulfonamides is 1. The maximum Gasteiger partial charge on any atom is 0.243 e. The first-order valence-corrected chi connectivity index (χ1v) is 13.6. The molecule has 33 heavy (non-hydrogen) atoms. The maximum atomic E-state index is 13.1. The summed E-state index contributed by atoms with van der Waals surface area (Å²) < 4.78 is 46.5.